The summed E-state index contributed by atoms with van der Waals surface area (Å²) in [5.41, 5.74) is 0.617. The van der Waals surface area contributed by atoms with E-state index in [1.807, 2.05) is 0 Å². The third kappa shape index (κ3) is 1.99. The third-order valence-electron chi connectivity index (χ3n) is 1.87. The average Bonchev–Trinajstić information content (AvgIpc) is 2.08. The molecule has 5 heteroatoms. The Hall–Kier alpha value is -1.07. The van der Waals surface area contributed by atoms with E-state index < -0.39 is 18.7 Å². The maximum atomic E-state index is 12.8. The molecule has 0 heterocycles. The SMILES string of the molecule is CCc1cc(O)c(F)cc1B(O)O. The lowest BCUT2D eigenvalue weighted by molar-refractivity contribution is 0.421. The number of hydrogen-bond acceptors (Lipinski definition) is 3. The Morgan fingerprint density at radius 1 is 1.38 bits per heavy atom. The molecule has 0 atom stereocenters. The molecular formula is C8H10BFO3. The first-order valence-corrected chi connectivity index (χ1v) is 3.93. The second-order valence-corrected chi connectivity index (χ2v) is 2.73. The molecule has 0 amide bonds. The molecule has 1 rings (SSSR count). The van der Waals surface area contributed by atoms with Crippen LogP contribution < -0.4 is 5.46 Å². The lowest BCUT2D eigenvalue weighted by atomic mass is 9.76. The van der Waals surface area contributed by atoms with Gasteiger partial charge in [0, 0.05) is 0 Å². The second kappa shape index (κ2) is 3.76. The Labute approximate surface area is 75.6 Å². The van der Waals surface area contributed by atoms with Crippen molar-refractivity contribution in [2.45, 2.75) is 13.3 Å². The van der Waals surface area contributed by atoms with Gasteiger partial charge in [-0.1, -0.05) is 6.92 Å². The highest BCUT2D eigenvalue weighted by atomic mass is 19.1. The van der Waals surface area contributed by atoms with Crippen molar-refractivity contribution in [3.63, 3.8) is 0 Å². The number of benzene rings is 1. The number of halogens is 1. The molecule has 3 N–H and O–H groups in total. The first kappa shape index (κ1) is 10.0. The van der Waals surface area contributed by atoms with Crippen LogP contribution in [-0.2, 0) is 6.42 Å². The van der Waals surface area contributed by atoms with Crippen LogP contribution in [0, 0.1) is 5.82 Å². The maximum absolute atomic E-state index is 12.8. The molecule has 0 spiro atoms. The summed E-state index contributed by atoms with van der Waals surface area (Å²) in [6, 6.07) is 2.13. The Bertz CT molecular complexity index is 315. The number of rotatable bonds is 2. The van der Waals surface area contributed by atoms with Crippen LogP contribution in [0.15, 0.2) is 12.1 Å². The summed E-state index contributed by atoms with van der Waals surface area (Å²) in [5, 5.41) is 26.7. The van der Waals surface area contributed by atoms with E-state index in [1.165, 1.54) is 6.07 Å². The molecule has 0 radical (unpaired) electrons. The molecule has 0 aliphatic rings. The third-order valence-corrected chi connectivity index (χ3v) is 1.87. The van der Waals surface area contributed by atoms with Gasteiger partial charge in [0.05, 0.1) is 0 Å². The van der Waals surface area contributed by atoms with Crippen LogP contribution >= 0.6 is 0 Å². The molecule has 0 aromatic heterocycles. The largest absolute Gasteiger partial charge is 0.505 e. The summed E-state index contributed by atoms with van der Waals surface area (Å²) in [6.07, 6.45) is 0.501. The van der Waals surface area contributed by atoms with E-state index >= 15 is 0 Å². The Morgan fingerprint density at radius 2 is 2.00 bits per heavy atom. The normalized spacial score (nSPS) is 10.2. The Morgan fingerprint density at radius 3 is 2.46 bits per heavy atom. The van der Waals surface area contributed by atoms with Crippen LogP contribution in [0.3, 0.4) is 0 Å². The lowest BCUT2D eigenvalue weighted by Gasteiger charge is -2.07. The van der Waals surface area contributed by atoms with E-state index in [2.05, 4.69) is 0 Å². The van der Waals surface area contributed by atoms with Crippen molar-refractivity contribution in [3.8, 4) is 5.75 Å². The van der Waals surface area contributed by atoms with E-state index in [0.29, 0.717) is 12.0 Å². The zero-order valence-electron chi connectivity index (χ0n) is 7.16. The minimum atomic E-state index is -1.70. The number of hydrogen-bond donors (Lipinski definition) is 3. The minimum absolute atomic E-state index is 0.0952. The fourth-order valence-electron chi connectivity index (χ4n) is 1.17. The van der Waals surface area contributed by atoms with Gasteiger partial charge >= 0.3 is 7.12 Å². The van der Waals surface area contributed by atoms with E-state index in [-0.39, 0.29) is 5.46 Å². The maximum Gasteiger partial charge on any atom is 0.488 e. The van der Waals surface area contributed by atoms with Gasteiger partial charge in [-0.3, -0.25) is 0 Å². The summed E-state index contributed by atoms with van der Waals surface area (Å²) in [5.74, 6) is -1.32. The van der Waals surface area contributed by atoms with Gasteiger partial charge in [0.2, 0.25) is 0 Å². The molecule has 1 aromatic carbocycles. The van der Waals surface area contributed by atoms with Crippen LogP contribution in [-0.4, -0.2) is 22.3 Å². The van der Waals surface area contributed by atoms with Crippen molar-refractivity contribution in [3.05, 3.63) is 23.5 Å². The van der Waals surface area contributed by atoms with E-state index in [4.69, 9.17) is 15.2 Å². The van der Waals surface area contributed by atoms with E-state index in [0.717, 1.165) is 6.07 Å². The van der Waals surface area contributed by atoms with Crippen molar-refractivity contribution in [2.24, 2.45) is 0 Å². The Balaban J connectivity index is 3.25. The monoisotopic (exact) mass is 184 g/mol. The summed E-state index contributed by atoms with van der Waals surface area (Å²) in [4.78, 5) is 0. The number of aryl methyl sites for hydroxylation is 1. The molecule has 0 bridgehead atoms. The number of phenols is 1. The highest BCUT2D eigenvalue weighted by Crippen LogP contribution is 2.15. The predicted octanol–water partition coefficient (Wildman–Crippen LogP) is -0.227. The molecule has 0 fully saturated rings. The molecule has 0 saturated carbocycles. The standard InChI is InChI=1S/C8H10BFO3/c1-2-5-3-8(11)7(10)4-6(5)9(12)13/h3-4,11-13H,2H2,1H3. The minimum Gasteiger partial charge on any atom is -0.505 e. The molecule has 0 aliphatic carbocycles. The molecule has 70 valence electrons. The zero-order chi connectivity index (χ0) is 10.0. The molecule has 3 nitrogen and oxygen atoms in total. The fourth-order valence-corrected chi connectivity index (χ4v) is 1.17. The van der Waals surface area contributed by atoms with Gasteiger partial charge in [0.15, 0.2) is 11.6 Å². The first-order valence-electron chi connectivity index (χ1n) is 3.93. The van der Waals surface area contributed by atoms with Crippen LogP contribution in [0.2, 0.25) is 0 Å². The van der Waals surface area contributed by atoms with Crippen LogP contribution in [0.25, 0.3) is 0 Å². The summed E-state index contributed by atoms with van der Waals surface area (Å²) in [7, 11) is -1.70. The lowest BCUT2D eigenvalue weighted by Crippen LogP contribution is -2.33. The molecule has 0 aliphatic heterocycles. The van der Waals surface area contributed by atoms with Gasteiger partial charge in [0.1, 0.15) is 0 Å². The molecule has 13 heavy (non-hydrogen) atoms. The number of phenolic OH excluding ortho intramolecular Hbond substituents is 1. The molecule has 0 saturated heterocycles. The van der Waals surface area contributed by atoms with Gasteiger partial charge in [-0.05, 0) is 29.6 Å². The Kier molecular flexibility index (Phi) is 2.90. The van der Waals surface area contributed by atoms with Crippen LogP contribution in [0.4, 0.5) is 4.39 Å². The summed E-state index contributed by atoms with van der Waals surface area (Å²) < 4.78 is 12.8. The van der Waals surface area contributed by atoms with Gasteiger partial charge in [-0.15, -0.1) is 0 Å². The molecule has 1 aromatic rings. The summed E-state index contributed by atoms with van der Waals surface area (Å²) in [6.45, 7) is 1.78. The predicted molar refractivity (Wildman–Crippen MR) is 47.3 cm³/mol. The zero-order valence-corrected chi connectivity index (χ0v) is 7.16. The van der Waals surface area contributed by atoms with Crippen molar-refractivity contribution in [2.75, 3.05) is 0 Å². The van der Waals surface area contributed by atoms with Gasteiger partial charge < -0.3 is 15.2 Å². The van der Waals surface area contributed by atoms with Crippen molar-refractivity contribution >= 4 is 12.6 Å². The highest BCUT2D eigenvalue weighted by molar-refractivity contribution is 6.59. The smallest absolute Gasteiger partial charge is 0.488 e. The van der Waals surface area contributed by atoms with Gasteiger partial charge in [-0.2, -0.15) is 0 Å². The first-order chi connectivity index (χ1) is 6.06. The molecular weight excluding hydrogens is 174 g/mol. The molecule has 0 unspecified atom stereocenters. The van der Waals surface area contributed by atoms with Crippen LogP contribution in [0.1, 0.15) is 12.5 Å². The summed E-state index contributed by atoms with van der Waals surface area (Å²) >= 11 is 0. The van der Waals surface area contributed by atoms with Crippen molar-refractivity contribution in [1.82, 2.24) is 0 Å². The van der Waals surface area contributed by atoms with Crippen LogP contribution in [0.5, 0.6) is 5.75 Å². The average molecular weight is 184 g/mol. The van der Waals surface area contributed by atoms with Gasteiger partial charge in [0.25, 0.3) is 0 Å². The van der Waals surface area contributed by atoms with Crippen molar-refractivity contribution in [1.29, 1.82) is 0 Å². The fraction of sp³-hybridized carbons (Fsp3) is 0.250. The van der Waals surface area contributed by atoms with Crippen molar-refractivity contribution < 1.29 is 19.5 Å². The van der Waals surface area contributed by atoms with E-state index in [1.54, 1.807) is 6.92 Å². The topological polar surface area (TPSA) is 60.7 Å². The highest BCUT2D eigenvalue weighted by Gasteiger charge is 2.17. The van der Waals surface area contributed by atoms with Gasteiger partial charge in [-0.25, -0.2) is 4.39 Å². The van der Waals surface area contributed by atoms with E-state index in [9.17, 15) is 4.39 Å². The number of aromatic hydroxyl groups is 1. The quantitative estimate of drug-likeness (QED) is 0.556. The second-order valence-electron chi connectivity index (χ2n) is 2.73.